The minimum absolute atomic E-state index is 0.731. The maximum atomic E-state index is 5.72. The normalized spacial score (nSPS) is 22.1. The first-order valence-electron chi connectivity index (χ1n) is 6.45. The van der Waals surface area contributed by atoms with Crippen LogP contribution in [-0.4, -0.2) is 44.2 Å². The van der Waals surface area contributed by atoms with E-state index in [1.807, 2.05) is 30.3 Å². The SMILES string of the molecule is CC1CNCCN(CCOc2ccccc2)C1. The lowest BCUT2D eigenvalue weighted by molar-refractivity contribution is 0.204. The second kappa shape index (κ2) is 6.62. The van der Waals surface area contributed by atoms with E-state index in [0.29, 0.717) is 0 Å². The molecule has 1 saturated heterocycles. The molecule has 1 atom stereocenters. The van der Waals surface area contributed by atoms with Gasteiger partial charge in [-0.05, 0) is 24.6 Å². The van der Waals surface area contributed by atoms with Gasteiger partial charge in [-0.25, -0.2) is 0 Å². The van der Waals surface area contributed by atoms with Crippen molar-refractivity contribution in [3.05, 3.63) is 30.3 Å². The van der Waals surface area contributed by atoms with Gasteiger partial charge in [0.15, 0.2) is 0 Å². The van der Waals surface area contributed by atoms with Crippen LogP contribution in [0.3, 0.4) is 0 Å². The molecule has 0 radical (unpaired) electrons. The van der Waals surface area contributed by atoms with Crippen LogP contribution in [0.2, 0.25) is 0 Å². The Labute approximate surface area is 104 Å². The summed E-state index contributed by atoms with van der Waals surface area (Å²) in [6.07, 6.45) is 0. The van der Waals surface area contributed by atoms with E-state index in [0.717, 1.165) is 44.5 Å². The van der Waals surface area contributed by atoms with Crippen LogP contribution in [0.25, 0.3) is 0 Å². The highest BCUT2D eigenvalue weighted by molar-refractivity contribution is 5.20. The quantitative estimate of drug-likeness (QED) is 0.856. The van der Waals surface area contributed by atoms with E-state index >= 15 is 0 Å². The smallest absolute Gasteiger partial charge is 0.119 e. The summed E-state index contributed by atoms with van der Waals surface area (Å²) in [4.78, 5) is 2.48. The van der Waals surface area contributed by atoms with Crippen molar-refractivity contribution in [3.63, 3.8) is 0 Å². The number of hydrogen-bond acceptors (Lipinski definition) is 3. The predicted molar refractivity (Wildman–Crippen MR) is 70.4 cm³/mol. The van der Waals surface area contributed by atoms with Gasteiger partial charge in [-0.15, -0.1) is 0 Å². The van der Waals surface area contributed by atoms with Gasteiger partial charge in [0, 0.05) is 26.2 Å². The van der Waals surface area contributed by atoms with E-state index in [4.69, 9.17) is 4.74 Å². The fraction of sp³-hybridized carbons (Fsp3) is 0.571. The van der Waals surface area contributed by atoms with E-state index in [9.17, 15) is 0 Å². The number of benzene rings is 1. The molecule has 1 N–H and O–H groups in total. The van der Waals surface area contributed by atoms with E-state index in [2.05, 4.69) is 17.1 Å². The van der Waals surface area contributed by atoms with Crippen molar-refractivity contribution in [3.8, 4) is 5.75 Å². The van der Waals surface area contributed by atoms with Crippen LogP contribution in [0.5, 0.6) is 5.75 Å². The molecule has 94 valence electrons. The molecule has 17 heavy (non-hydrogen) atoms. The Bertz CT molecular complexity index is 315. The topological polar surface area (TPSA) is 24.5 Å². The van der Waals surface area contributed by atoms with Gasteiger partial charge in [0.05, 0.1) is 0 Å². The lowest BCUT2D eigenvalue weighted by Crippen LogP contribution is -2.33. The number of para-hydroxylation sites is 1. The Morgan fingerprint density at radius 3 is 3.00 bits per heavy atom. The zero-order chi connectivity index (χ0) is 11.9. The Morgan fingerprint density at radius 2 is 2.18 bits per heavy atom. The number of rotatable bonds is 4. The van der Waals surface area contributed by atoms with E-state index in [1.54, 1.807) is 0 Å². The monoisotopic (exact) mass is 234 g/mol. The summed E-state index contributed by atoms with van der Waals surface area (Å²) in [5.74, 6) is 1.70. The van der Waals surface area contributed by atoms with Gasteiger partial charge < -0.3 is 10.1 Å². The summed E-state index contributed by atoms with van der Waals surface area (Å²) in [6.45, 7) is 8.61. The molecule has 3 nitrogen and oxygen atoms in total. The van der Waals surface area contributed by atoms with Crippen LogP contribution in [-0.2, 0) is 0 Å². The number of ether oxygens (including phenoxy) is 1. The number of nitrogens with zero attached hydrogens (tertiary/aromatic N) is 1. The van der Waals surface area contributed by atoms with Crippen molar-refractivity contribution in [2.45, 2.75) is 6.92 Å². The molecular weight excluding hydrogens is 212 g/mol. The van der Waals surface area contributed by atoms with Crippen molar-refractivity contribution < 1.29 is 4.74 Å². The first-order valence-corrected chi connectivity index (χ1v) is 6.45. The van der Waals surface area contributed by atoms with Crippen LogP contribution < -0.4 is 10.1 Å². The van der Waals surface area contributed by atoms with Crippen LogP contribution in [0.4, 0.5) is 0 Å². The van der Waals surface area contributed by atoms with Crippen molar-refractivity contribution in [1.82, 2.24) is 10.2 Å². The summed E-state index contributed by atoms with van der Waals surface area (Å²) < 4.78 is 5.72. The average Bonchev–Trinajstić information content (AvgIpc) is 2.55. The molecule has 1 heterocycles. The van der Waals surface area contributed by atoms with Gasteiger partial charge >= 0.3 is 0 Å². The molecular formula is C14H22N2O. The van der Waals surface area contributed by atoms with Crippen LogP contribution in [0, 0.1) is 5.92 Å². The van der Waals surface area contributed by atoms with Crippen molar-refractivity contribution in [2.75, 3.05) is 39.3 Å². The fourth-order valence-electron chi connectivity index (χ4n) is 2.19. The van der Waals surface area contributed by atoms with Crippen LogP contribution in [0.15, 0.2) is 30.3 Å². The van der Waals surface area contributed by atoms with Gasteiger partial charge in [0.1, 0.15) is 12.4 Å². The molecule has 1 aliphatic rings. The van der Waals surface area contributed by atoms with Crippen LogP contribution >= 0.6 is 0 Å². The largest absolute Gasteiger partial charge is 0.492 e. The summed E-state index contributed by atoms with van der Waals surface area (Å²) in [6, 6.07) is 10.0. The summed E-state index contributed by atoms with van der Waals surface area (Å²) >= 11 is 0. The highest BCUT2D eigenvalue weighted by Crippen LogP contribution is 2.08. The molecule has 0 spiro atoms. The highest BCUT2D eigenvalue weighted by Gasteiger charge is 2.13. The standard InChI is InChI=1S/C14H22N2O/c1-13-11-15-7-8-16(12-13)9-10-17-14-5-3-2-4-6-14/h2-6,13,15H,7-12H2,1H3. The second-order valence-electron chi connectivity index (χ2n) is 4.77. The Hall–Kier alpha value is -1.06. The fourth-order valence-corrected chi connectivity index (χ4v) is 2.19. The molecule has 1 aliphatic heterocycles. The van der Waals surface area contributed by atoms with Gasteiger partial charge in [-0.3, -0.25) is 4.90 Å². The number of nitrogens with one attached hydrogen (secondary N) is 1. The average molecular weight is 234 g/mol. The third-order valence-electron chi connectivity index (χ3n) is 3.09. The molecule has 0 aliphatic carbocycles. The molecule has 3 heteroatoms. The lowest BCUT2D eigenvalue weighted by Gasteiger charge is -2.21. The van der Waals surface area contributed by atoms with Crippen molar-refractivity contribution >= 4 is 0 Å². The Balaban J connectivity index is 1.70. The molecule has 1 fully saturated rings. The number of hydrogen-bond donors (Lipinski definition) is 1. The highest BCUT2D eigenvalue weighted by atomic mass is 16.5. The Kier molecular flexibility index (Phi) is 4.83. The zero-order valence-corrected chi connectivity index (χ0v) is 10.6. The lowest BCUT2D eigenvalue weighted by atomic mass is 10.2. The van der Waals surface area contributed by atoms with Gasteiger partial charge in [0.2, 0.25) is 0 Å². The molecule has 2 rings (SSSR count). The molecule has 1 aromatic rings. The third-order valence-corrected chi connectivity index (χ3v) is 3.09. The first kappa shape index (κ1) is 12.4. The summed E-state index contributed by atoms with van der Waals surface area (Å²) in [7, 11) is 0. The maximum absolute atomic E-state index is 5.72. The molecule has 0 aromatic heterocycles. The van der Waals surface area contributed by atoms with Crippen molar-refractivity contribution in [1.29, 1.82) is 0 Å². The van der Waals surface area contributed by atoms with E-state index in [1.165, 1.54) is 6.54 Å². The minimum Gasteiger partial charge on any atom is -0.492 e. The third kappa shape index (κ3) is 4.36. The summed E-state index contributed by atoms with van der Waals surface area (Å²) in [5.41, 5.74) is 0. The second-order valence-corrected chi connectivity index (χ2v) is 4.77. The first-order chi connectivity index (χ1) is 8.34. The zero-order valence-electron chi connectivity index (χ0n) is 10.6. The van der Waals surface area contributed by atoms with Gasteiger partial charge in [-0.2, -0.15) is 0 Å². The maximum Gasteiger partial charge on any atom is 0.119 e. The van der Waals surface area contributed by atoms with E-state index in [-0.39, 0.29) is 0 Å². The van der Waals surface area contributed by atoms with Crippen molar-refractivity contribution in [2.24, 2.45) is 5.92 Å². The molecule has 1 aromatic carbocycles. The molecule has 0 saturated carbocycles. The molecule has 0 bridgehead atoms. The van der Waals surface area contributed by atoms with E-state index < -0.39 is 0 Å². The minimum atomic E-state index is 0.731. The van der Waals surface area contributed by atoms with Crippen LogP contribution in [0.1, 0.15) is 6.92 Å². The molecule has 0 amide bonds. The van der Waals surface area contributed by atoms with Gasteiger partial charge in [-0.1, -0.05) is 25.1 Å². The Morgan fingerprint density at radius 1 is 1.35 bits per heavy atom. The molecule has 1 unspecified atom stereocenters. The predicted octanol–water partition coefficient (Wildman–Crippen LogP) is 1.61. The summed E-state index contributed by atoms with van der Waals surface area (Å²) in [5, 5.41) is 3.45. The van der Waals surface area contributed by atoms with Gasteiger partial charge in [0.25, 0.3) is 0 Å².